The number of rotatable bonds is 3. The summed E-state index contributed by atoms with van der Waals surface area (Å²) in [5.74, 6) is 0.995. The van der Waals surface area contributed by atoms with Crippen LogP contribution in [0.1, 0.15) is 5.56 Å². The summed E-state index contributed by atoms with van der Waals surface area (Å²) < 4.78 is 6.14. The lowest BCUT2D eigenvalue weighted by atomic mass is 10.2. The van der Waals surface area contributed by atoms with Gasteiger partial charge in [0.25, 0.3) is 0 Å². The first kappa shape index (κ1) is 10.4. The molecule has 0 fully saturated rings. The van der Waals surface area contributed by atoms with Crippen molar-refractivity contribution in [1.29, 1.82) is 0 Å². The first-order chi connectivity index (χ1) is 7.79. The van der Waals surface area contributed by atoms with Gasteiger partial charge in [-0.3, -0.25) is 0 Å². The number of benzene rings is 1. The number of ether oxygens (including phenoxy) is 1. The van der Waals surface area contributed by atoms with Gasteiger partial charge in [-0.1, -0.05) is 18.2 Å². The molecule has 2 aromatic rings. The van der Waals surface area contributed by atoms with E-state index in [1.165, 1.54) is 18.5 Å². The van der Waals surface area contributed by atoms with Gasteiger partial charge >= 0.3 is 0 Å². The van der Waals surface area contributed by atoms with Crippen LogP contribution in [-0.2, 0) is 6.61 Å². The Balaban J connectivity index is 2.30. The second kappa shape index (κ2) is 4.63. The Labute approximate surface area is 92.9 Å². The fraction of sp³-hybridized carbons (Fsp3) is 0.0833. The van der Waals surface area contributed by atoms with E-state index in [1.54, 1.807) is 12.1 Å². The van der Waals surface area contributed by atoms with Crippen molar-refractivity contribution < 1.29 is 14.6 Å². The summed E-state index contributed by atoms with van der Waals surface area (Å²) in [5.41, 5.74) is 0.580. The van der Waals surface area contributed by atoms with E-state index >= 15 is 0 Å². The number of hydrogen-bond donors (Lipinski definition) is 1. The van der Waals surface area contributed by atoms with Crippen LogP contribution >= 0.6 is 0 Å². The third-order valence-corrected chi connectivity index (χ3v) is 2.12. The summed E-state index contributed by atoms with van der Waals surface area (Å²) in [6, 6.07) is 10.6. The van der Waals surface area contributed by atoms with Crippen LogP contribution in [0, 0.1) is 5.21 Å². The van der Waals surface area contributed by atoms with Gasteiger partial charge in [-0.25, -0.2) is 0 Å². The van der Waals surface area contributed by atoms with Crippen molar-refractivity contribution in [2.45, 2.75) is 6.61 Å². The van der Waals surface area contributed by atoms with E-state index in [0.717, 1.165) is 0 Å². The molecule has 16 heavy (non-hydrogen) atoms. The molecule has 1 aromatic heterocycles. The molecular weight excluding hydrogens is 206 g/mol. The summed E-state index contributed by atoms with van der Waals surface area (Å²) in [5, 5.41) is 20.2. The van der Waals surface area contributed by atoms with E-state index < -0.39 is 0 Å². The highest BCUT2D eigenvalue weighted by atomic mass is 16.5. The average molecular weight is 217 g/mol. The molecule has 0 saturated heterocycles. The van der Waals surface area contributed by atoms with Gasteiger partial charge in [0.1, 0.15) is 5.75 Å². The highest BCUT2D eigenvalue weighted by molar-refractivity contribution is 5.33. The standard InChI is InChI=1S/C12H11NO3/c14-9-10-6-7-13(15)8-12(10)16-11-4-2-1-3-5-11/h1-8,14H,9H2. The van der Waals surface area contributed by atoms with Crippen molar-refractivity contribution in [1.82, 2.24) is 0 Å². The summed E-state index contributed by atoms with van der Waals surface area (Å²) in [6.07, 6.45) is 2.61. The van der Waals surface area contributed by atoms with Crippen molar-refractivity contribution in [2.75, 3.05) is 0 Å². The van der Waals surface area contributed by atoms with Crippen LogP contribution in [0.3, 0.4) is 0 Å². The SMILES string of the molecule is [O-][n+]1ccc(CO)c(Oc2ccccc2)c1. The lowest BCUT2D eigenvalue weighted by molar-refractivity contribution is -0.605. The van der Waals surface area contributed by atoms with Crippen molar-refractivity contribution in [3.63, 3.8) is 0 Å². The molecule has 0 atom stereocenters. The summed E-state index contributed by atoms with van der Waals surface area (Å²) >= 11 is 0. The first-order valence-electron chi connectivity index (χ1n) is 4.85. The number of aliphatic hydroxyl groups excluding tert-OH is 1. The fourth-order valence-corrected chi connectivity index (χ4v) is 1.33. The van der Waals surface area contributed by atoms with E-state index in [0.29, 0.717) is 21.8 Å². The summed E-state index contributed by atoms with van der Waals surface area (Å²) in [6.45, 7) is -0.164. The molecule has 4 nitrogen and oxygen atoms in total. The van der Waals surface area contributed by atoms with Gasteiger partial charge in [-0.05, 0) is 12.1 Å². The molecule has 0 radical (unpaired) electrons. The fourth-order valence-electron chi connectivity index (χ4n) is 1.33. The van der Waals surface area contributed by atoms with Crippen LogP contribution in [0.2, 0.25) is 0 Å². The maximum Gasteiger partial charge on any atom is 0.223 e. The van der Waals surface area contributed by atoms with Crippen LogP contribution in [0.4, 0.5) is 0 Å². The maximum absolute atomic E-state index is 11.1. The van der Waals surface area contributed by atoms with Crippen LogP contribution in [-0.4, -0.2) is 5.11 Å². The zero-order valence-corrected chi connectivity index (χ0v) is 8.54. The predicted molar refractivity (Wildman–Crippen MR) is 57.8 cm³/mol. The van der Waals surface area contributed by atoms with Gasteiger partial charge in [0, 0.05) is 11.6 Å². The molecule has 1 aromatic carbocycles. The molecule has 0 spiro atoms. The number of aliphatic hydroxyl groups is 1. The molecule has 0 aliphatic rings. The average Bonchev–Trinajstić information content (AvgIpc) is 2.31. The van der Waals surface area contributed by atoms with E-state index in [4.69, 9.17) is 9.84 Å². The minimum Gasteiger partial charge on any atom is -0.619 e. The first-order valence-corrected chi connectivity index (χ1v) is 4.85. The lowest BCUT2D eigenvalue weighted by Crippen LogP contribution is -2.24. The van der Waals surface area contributed by atoms with E-state index in [1.807, 2.05) is 18.2 Å². The third kappa shape index (κ3) is 2.29. The summed E-state index contributed by atoms with van der Waals surface area (Å²) in [4.78, 5) is 0. The Hall–Kier alpha value is -2.07. The molecule has 1 heterocycles. The minimum atomic E-state index is -0.164. The van der Waals surface area contributed by atoms with Crippen molar-refractivity contribution in [3.8, 4) is 11.5 Å². The Bertz CT molecular complexity index is 471. The molecule has 1 N–H and O–H groups in total. The molecule has 82 valence electrons. The molecule has 0 bridgehead atoms. The topological polar surface area (TPSA) is 56.4 Å². The van der Waals surface area contributed by atoms with Crippen molar-refractivity contribution in [2.24, 2.45) is 0 Å². The Morgan fingerprint density at radius 1 is 1.19 bits per heavy atom. The molecule has 0 saturated carbocycles. The van der Waals surface area contributed by atoms with Gasteiger partial charge < -0.3 is 15.1 Å². The number of para-hydroxylation sites is 1. The van der Waals surface area contributed by atoms with E-state index in [9.17, 15) is 5.21 Å². The van der Waals surface area contributed by atoms with Gasteiger partial charge in [-0.15, -0.1) is 0 Å². The number of nitrogens with zero attached hydrogens (tertiary/aromatic N) is 1. The number of aromatic nitrogens is 1. The molecule has 4 heteroatoms. The van der Waals surface area contributed by atoms with Gasteiger partial charge in [0.05, 0.1) is 6.61 Å². The van der Waals surface area contributed by atoms with Crippen LogP contribution < -0.4 is 9.47 Å². The second-order valence-electron chi connectivity index (χ2n) is 3.27. The molecule has 0 aliphatic heterocycles. The maximum atomic E-state index is 11.1. The largest absolute Gasteiger partial charge is 0.619 e. The van der Waals surface area contributed by atoms with Crippen molar-refractivity contribution in [3.05, 3.63) is 59.6 Å². The van der Waals surface area contributed by atoms with Crippen LogP contribution in [0.25, 0.3) is 0 Å². The van der Waals surface area contributed by atoms with E-state index in [2.05, 4.69) is 0 Å². The summed E-state index contributed by atoms with van der Waals surface area (Å²) in [7, 11) is 0. The van der Waals surface area contributed by atoms with Crippen molar-refractivity contribution >= 4 is 0 Å². The zero-order valence-electron chi connectivity index (χ0n) is 8.54. The normalized spacial score (nSPS) is 10.1. The predicted octanol–water partition coefficient (Wildman–Crippen LogP) is 1.60. The molecule has 0 aliphatic carbocycles. The quantitative estimate of drug-likeness (QED) is 0.627. The van der Waals surface area contributed by atoms with E-state index in [-0.39, 0.29) is 6.61 Å². The third-order valence-electron chi connectivity index (χ3n) is 2.12. The number of pyridine rings is 1. The monoisotopic (exact) mass is 217 g/mol. The molecule has 0 amide bonds. The van der Waals surface area contributed by atoms with Crippen LogP contribution in [0.5, 0.6) is 11.5 Å². The highest BCUT2D eigenvalue weighted by Crippen LogP contribution is 2.23. The van der Waals surface area contributed by atoms with Gasteiger partial charge in [-0.2, -0.15) is 4.73 Å². The van der Waals surface area contributed by atoms with Gasteiger partial charge in [0.15, 0.2) is 11.9 Å². The zero-order chi connectivity index (χ0) is 11.4. The Kier molecular flexibility index (Phi) is 3.03. The Morgan fingerprint density at radius 2 is 1.94 bits per heavy atom. The second-order valence-corrected chi connectivity index (χ2v) is 3.27. The molecular formula is C12H11NO3. The number of hydrogen-bond acceptors (Lipinski definition) is 3. The van der Waals surface area contributed by atoms with Crippen LogP contribution in [0.15, 0.2) is 48.8 Å². The highest BCUT2D eigenvalue weighted by Gasteiger charge is 2.08. The molecule has 0 unspecified atom stereocenters. The Morgan fingerprint density at radius 3 is 2.62 bits per heavy atom. The smallest absolute Gasteiger partial charge is 0.223 e. The molecule has 2 rings (SSSR count). The lowest BCUT2D eigenvalue weighted by Gasteiger charge is -2.08. The van der Waals surface area contributed by atoms with Gasteiger partial charge in [0.2, 0.25) is 6.20 Å². The minimum absolute atomic E-state index is 0.164.